The van der Waals surface area contributed by atoms with Gasteiger partial charge in [0, 0.05) is 23.8 Å². The maximum atomic E-state index is 11.9. The number of nitrogens with zero attached hydrogens (tertiary/aromatic N) is 2. The normalized spacial score (nSPS) is 10.1. The average Bonchev–Trinajstić information content (AvgIpc) is 2.50. The first-order chi connectivity index (χ1) is 10.6. The first-order valence-corrected chi connectivity index (χ1v) is 7.54. The molecule has 0 aliphatic carbocycles. The Hall–Kier alpha value is -2.27. The number of amides is 2. The van der Waals surface area contributed by atoms with Gasteiger partial charge in [0.2, 0.25) is 0 Å². The van der Waals surface area contributed by atoms with Gasteiger partial charge in [0.05, 0.1) is 11.9 Å². The second kappa shape index (κ2) is 7.66. The molecule has 0 bridgehead atoms. The number of halogens is 1. The molecular weight excluding hydrogens is 300 g/mol. The third-order valence-corrected chi connectivity index (χ3v) is 3.41. The molecule has 1 heterocycles. The van der Waals surface area contributed by atoms with Gasteiger partial charge in [0.15, 0.2) is 0 Å². The highest BCUT2D eigenvalue weighted by Gasteiger charge is 2.06. The van der Waals surface area contributed by atoms with E-state index in [9.17, 15) is 4.79 Å². The summed E-state index contributed by atoms with van der Waals surface area (Å²) in [6.45, 7) is 5.95. The van der Waals surface area contributed by atoms with Gasteiger partial charge in [-0.2, -0.15) is 0 Å². The van der Waals surface area contributed by atoms with E-state index in [0.29, 0.717) is 16.4 Å². The van der Waals surface area contributed by atoms with Gasteiger partial charge in [0.25, 0.3) is 0 Å². The van der Waals surface area contributed by atoms with Crippen LogP contribution in [0.1, 0.15) is 13.8 Å². The van der Waals surface area contributed by atoms with Crippen LogP contribution in [0, 0.1) is 0 Å². The number of nitrogens with one attached hydrogen (secondary N) is 2. The summed E-state index contributed by atoms with van der Waals surface area (Å²) in [5.74, 6) is 0.894. The van der Waals surface area contributed by atoms with Crippen molar-refractivity contribution in [3.63, 3.8) is 0 Å². The van der Waals surface area contributed by atoms with E-state index in [4.69, 9.17) is 11.6 Å². The highest BCUT2D eigenvalue weighted by molar-refractivity contribution is 6.30. The number of rotatable bonds is 5. The fourth-order valence-electron chi connectivity index (χ4n) is 2.05. The van der Waals surface area contributed by atoms with Crippen LogP contribution in [0.15, 0.2) is 42.6 Å². The van der Waals surface area contributed by atoms with Crippen molar-refractivity contribution in [3.05, 3.63) is 47.6 Å². The zero-order valence-electron chi connectivity index (χ0n) is 12.6. The van der Waals surface area contributed by atoms with E-state index in [-0.39, 0.29) is 6.03 Å². The van der Waals surface area contributed by atoms with E-state index < -0.39 is 0 Å². The molecule has 2 aromatic rings. The van der Waals surface area contributed by atoms with Gasteiger partial charge in [-0.15, -0.1) is 0 Å². The van der Waals surface area contributed by atoms with Gasteiger partial charge in [-0.05, 0) is 44.2 Å². The number of hydrogen-bond donors (Lipinski definition) is 2. The van der Waals surface area contributed by atoms with Crippen molar-refractivity contribution in [3.8, 4) is 0 Å². The van der Waals surface area contributed by atoms with Crippen LogP contribution in [0.25, 0.3) is 0 Å². The average molecular weight is 319 g/mol. The molecule has 0 radical (unpaired) electrons. The third-order valence-electron chi connectivity index (χ3n) is 3.18. The lowest BCUT2D eigenvalue weighted by Crippen LogP contribution is -2.23. The molecular formula is C16H19ClN4O. The van der Waals surface area contributed by atoms with Gasteiger partial charge in [-0.3, -0.25) is 0 Å². The molecule has 0 aliphatic heterocycles. The molecule has 6 heteroatoms. The smallest absolute Gasteiger partial charge is 0.323 e. The second-order valence-electron chi connectivity index (χ2n) is 4.67. The van der Waals surface area contributed by atoms with Gasteiger partial charge < -0.3 is 15.5 Å². The SMILES string of the molecule is CCN(CC)c1ccc(NC(=O)Nc2cccc(Cl)c2)cn1. The van der Waals surface area contributed by atoms with Gasteiger partial charge in [0.1, 0.15) is 5.82 Å². The number of hydrogen-bond acceptors (Lipinski definition) is 3. The number of benzene rings is 1. The third kappa shape index (κ3) is 4.36. The van der Waals surface area contributed by atoms with Crippen LogP contribution in [0.5, 0.6) is 0 Å². The predicted molar refractivity (Wildman–Crippen MR) is 91.9 cm³/mol. The second-order valence-corrected chi connectivity index (χ2v) is 5.10. The lowest BCUT2D eigenvalue weighted by molar-refractivity contribution is 0.262. The van der Waals surface area contributed by atoms with E-state index in [2.05, 4.69) is 34.4 Å². The molecule has 2 rings (SSSR count). The lowest BCUT2D eigenvalue weighted by atomic mass is 10.3. The highest BCUT2D eigenvalue weighted by Crippen LogP contribution is 2.16. The Morgan fingerprint density at radius 3 is 2.45 bits per heavy atom. The lowest BCUT2D eigenvalue weighted by Gasteiger charge is -2.19. The quantitative estimate of drug-likeness (QED) is 0.867. The summed E-state index contributed by atoms with van der Waals surface area (Å²) in [7, 11) is 0. The van der Waals surface area contributed by atoms with Crippen molar-refractivity contribution in [1.29, 1.82) is 0 Å². The maximum absolute atomic E-state index is 11.9. The summed E-state index contributed by atoms with van der Waals surface area (Å²) in [4.78, 5) is 18.4. The summed E-state index contributed by atoms with van der Waals surface area (Å²) >= 11 is 5.88. The first-order valence-electron chi connectivity index (χ1n) is 7.17. The van der Waals surface area contributed by atoms with Gasteiger partial charge in [-0.25, -0.2) is 9.78 Å². The molecule has 2 amide bonds. The Labute approximate surface area is 135 Å². The van der Waals surface area contributed by atoms with Crippen molar-refractivity contribution < 1.29 is 4.79 Å². The minimum Gasteiger partial charge on any atom is -0.357 e. The summed E-state index contributed by atoms with van der Waals surface area (Å²) in [6.07, 6.45) is 1.64. The standard InChI is InChI=1S/C16H19ClN4O/c1-3-21(4-2)15-9-8-14(11-18-15)20-16(22)19-13-7-5-6-12(17)10-13/h5-11H,3-4H2,1-2H3,(H2,19,20,22). The van der Waals surface area contributed by atoms with Crippen LogP contribution >= 0.6 is 11.6 Å². The molecule has 0 saturated carbocycles. The van der Waals surface area contributed by atoms with Crippen LogP contribution in [-0.2, 0) is 0 Å². The topological polar surface area (TPSA) is 57.3 Å². The molecule has 0 aliphatic rings. The van der Waals surface area contributed by atoms with Crippen molar-refractivity contribution in [2.45, 2.75) is 13.8 Å². The number of aromatic nitrogens is 1. The Morgan fingerprint density at radius 1 is 1.14 bits per heavy atom. The molecule has 0 fully saturated rings. The minimum atomic E-state index is -0.334. The maximum Gasteiger partial charge on any atom is 0.323 e. The number of carbonyl (C=O) groups is 1. The Balaban J connectivity index is 1.97. The number of pyridine rings is 1. The Bertz CT molecular complexity index is 626. The predicted octanol–water partition coefficient (Wildman–Crippen LogP) is 4.23. The molecule has 0 unspecified atom stereocenters. The Kier molecular flexibility index (Phi) is 5.61. The fraction of sp³-hybridized carbons (Fsp3) is 0.250. The summed E-state index contributed by atoms with van der Waals surface area (Å²) in [5, 5.41) is 6.03. The first kappa shape index (κ1) is 16.1. The number of anilines is 3. The molecule has 1 aromatic heterocycles. The van der Waals surface area contributed by atoms with Crippen LogP contribution < -0.4 is 15.5 Å². The van der Waals surface area contributed by atoms with E-state index in [1.54, 1.807) is 30.5 Å². The minimum absolute atomic E-state index is 0.334. The van der Waals surface area contributed by atoms with Crippen molar-refractivity contribution in [2.24, 2.45) is 0 Å². The zero-order valence-corrected chi connectivity index (χ0v) is 13.4. The van der Waals surface area contributed by atoms with Crippen molar-refractivity contribution in [2.75, 3.05) is 28.6 Å². The van der Waals surface area contributed by atoms with Crippen LogP contribution in [0.4, 0.5) is 22.0 Å². The van der Waals surface area contributed by atoms with E-state index >= 15 is 0 Å². The highest BCUT2D eigenvalue weighted by atomic mass is 35.5. The molecule has 0 spiro atoms. The van der Waals surface area contributed by atoms with Crippen molar-refractivity contribution >= 4 is 34.8 Å². The Morgan fingerprint density at radius 2 is 1.86 bits per heavy atom. The number of carbonyl (C=O) groups excluding carboxylic acids is 1. The fourth-order valence-corrected chi connectivity index (χ4v) is 2.24. The molecule has 0 atom stereocenters. The summed E-state index contributed by atoms with van der Waals surface area (Å²) in [5.41, 5.74) is 1.27. The van der Waals surface area contributed by atoms with E-state index in [1.165, 1.54) is 0 Å². The molecule has 22 heavy (non-hydrogen) atoms. The van der Waals surface area contributed by atoms with E-state index in [0.717, 1.165) is 18.9 Å². The van der Waals surface area contributed by atoms with Crippen LogP contribution in [0.2, 0.25) is 5.02 Å². The largest absolute Gasteiger partial charge is 0.357 e. The zero-order chi connectivity index (χ0) is 15.9. The monoisotopic (exact) mass is 318 g/mol. The molecule has 2 N–H and O–H groups in total. The summed E-state index contributed by atoms with van der Waals surface area (Å²) in [6, 6.07) is 10.4. The van der Waals surface area contributed by atoms with Gasteiger partial charge in [-0.1, -0.05) is 17.7 Å². The number of urea groups is 1. The van der Waals surface area contributed by atoms with Crippen LogP contribution in [-0.4, -0.2) is 24.1 Å². The van der Waals surface area contributed by atoms with Crippen molar-refractivity contribution in [1.82, 2.24) is 4.98 Å². The van der Waals surface area contributed by atoms with E-state index in [1.807, 2.05) is 12.1 Å². The van der Waals surface area contributed by atoms with Gasteiger partial charge >= 0.3 is 6.03 Å². The molecule has 5 nitrogen and oxygen atoms in total. The van der Waals surface area contributed by atoms with Crippen LogP contribution in [0.3, 0.4) is 0 Å². The summed E-state index contributed by atoms with van der Waals surface area (Å²) < 4.78 is 0. The molecule has 0 saturated heterocycles. The molecule has 116 valence electrons. The molecule has 1 aromatic carbocycles.